The Morgan fingerprint density at radius 1 is 1.17 bits per heavy atom. The molecule has 1 heterocycles. The van der Waals surface area contributed by atoms with E-state index < -0.39 is 0 Å². The van der Waals surface area contributed by atoms with Gasteiger partial charge in [0.1, 0.15) is 0 Å². The molecule has 1 saturated carbocycles. The summed E-state index contributed by atoms with van der Waals surface area (Å²) in [5.41, 5.74) is 0.335. The summed E-state index contributed by atoms with van der Waals surface area (Å²) in [6.45, 7) is 11.0. The van der Waals surface area contributed by atoms with E-state index in [1.165, 1.54) is 64.6 Å². The van der Waals surface area contributed by atoms with Crippen LogP contribution in [0.2, 0.25) is 0 Å². The largest absolute Gasteiger partial charge is 0.312 e. The highest BCUT2D eigenvalue weighted by molar-refractivity contribution is 4.96. The van der Waals surface area contributed by atoms with Crippen molar-refractivity contribution in [3.63, 3.8) is 0 Å². The molecule has 1 aliphatic heterocycles. The third kappa shape index (κ3) is 3.27. The first-order valence-corrected chi connectivity index (χ1v) is 8.13. The normalized spacial score (nSPS) is 24.2. The van der Waals surface area contributed by atoms with Crippen LogP contribution >= 0.6 is 0 Å². The summed E-state index contributed by atoms with van der Waals surface area (Å²) in [7, 11) is 0. The first-order valence-electron chi connectivity index (χ1n) is 8.13. The molecule has 0 radical (unpaired) electrons. The van der Waals surface area contributed by atoms with Gasteiger partial charge in [0.2, 0.25) is 0 Å². The zero-order valence-electron chi connectivity index (χ0n) is 12.7. The van der Waals surface area contributed by atoms with Gasteiger partial charge in [-0.1, -0.05) is 26.2 Å². The Hall–Kier alpha value is -0.0800. The lowest BCUT2D eigenvalue weighted by atomic mass is 9.76. The summed E-state index contributed by atoms with van der Waals surface area (Å²) in [6, 6.07) is 0.681. The zero-order chi connectivity index (χ0) is 13.0. The van der Waals surface area contributed by atoms with Crippen molar-refractivity contribution in [2.75, 3.05) is 19.6 Å². The van der Waals surface area contributed by atoms with Crippen LogP contribution in [0.1, 0.15) is 65.7 Å². The van der Waals surface area contributed by atoms with Gasteiger partial charge in [0.25, 0.3) is 0 Å². The molecule has 0 aromatic carbocycles. The van der Waals surface area contributed by atoms with E-state index in [2.05, 4.69) is 31.0 Å². The van der Waals surface area contributed by atoms with Crippen molar-refractivity contribution in [3.8, 4) is 0 Å². The second-order valence-electron chi connectivity index (χ2n) is 6.89. The molecule has 2 nitrogen and oxygen atoms in total. The minimum atomic E-state index is 0.335. The summed E-state index contributed by atoms with van der Waals surface area (Å²) in [6.07, 6.45) is 9.84. The molecule has 0 spiro atoms. The molecule has 1 saturated heterocycles. The fourth-order valence-electron chi connectivity index (χ4n) is 3.52. The second-order valence-corrected chi connectivity index (χ2v) is 6.89. The summed E-state index contributed by atoms with van der Waals surface area (Å²) in [4.78, 5) is 2.72. The topological polar surface area (TPSA) is 15.3 Å². The number of hydrogen-bond acceptors (Lipinski definition) is 2. The summed E-state index contributed by atoms with van der Waals surface area (Å²) in [5, 5.41) is 3.84. The number of likely N-dealkylation sites (tertiary alicyclic amines) is 1. The fourth-order valence-corrected chi connectivity index (χ4v) is 3.52. The monoisotopic (exact) mass is 252 g/mol. The van der Waals surface area contributed by atoms with Crippen molar-refractivity contribution < 1.29 is 0 Å². The summed E-state index contributed by atoms with van der Waals surface area (Å²) in [5.74, 6) is 1.00. The average molecular weight is 252 g/mol. The van der Waals surface area contributed by atoms with E-state index in [4.69, 9.17) is 0 Å². The van der Waals surface area contributed by atoms with E-state index in [0.717, 1.165) is 5.92 Å². The maximum absolute atomic E-state index is 3.84. The van der Waals surface area contributed by atoms with Gasteiger partial charge in [0.15, 0.2) is 0 Å². The van der Waals surface area contributed by atoms with E-state index in [9.17, 15) is 0 Å². The van der Waals surface area contributed by atoms with Gasteiger partial charge < -0.3 is 5.32 Å². The van der Waals surface area contributed by atoms with Gasteiger partial charge in [-0.3, -0.25) is 4.90 Å². The SMILES string of the molecule is CCCNC(CC1CCC1)C(C)(C)N1CCCC1. The number of nitrogens with one attached hydrogen (secondary N) is 1. The summed E-state index contributed by atoms with van der Waals surface area (Å²) >= 11 is 0. The van der Waals surface area contributed by atoms with Crippen LogP contribution in [0.25, 0.3) is 0 Å². The number of hydrogen-bond donors (Lipinski definition) is 1. The van der Waals surface area contributed by atoms with E-state index in [0.29, 0.717) is 11.6 Å². The van der Waals surface area contributed by atoms with Gasteiger partial charge in [-0.15, -0.1) is 0 Å². The van der Waals surface area contributed by atoms with Crippen molar-refractivity contribution in [1.82, 2.24) is 10.2 Å². The van der Waals surface area contributed by atoms with Crippen LogP contribution in [0, 0.1) is 5.92 Å². The minimum Gasteiger partial charge on any atom is -0.312 e. The maximum Gasteiger partial charge on any atom is 0.0306 e. The molecule has 0 aromatic heterocycles. The molecule has 0 aromatic rings. The van der Waals surface area contributed by atoms with Crippen LogP contribution in [0.15, 0.2) is 0 Å². The van der Waals surface area contributed by atoms with Crippen LogP contribution in [-0.4, -0.2) is 36.1 Å². The van der Waals surface area contributed by atoms with Crippen molar-refractivity contribution in [2.45, 2.75) is 77.3 Å². The highest BCUT2D eigenvalue weighted by Gasteiger charge is 2.38. The standard InChI is InChI=1S/C16H32N2/c1-4-10-17-15(13-14-8-7-9-14)16(2,3)18-11-5-6-12-18/h14-15,17H,4-13H2,1-3H3. The Bertz CT molecular complexity index is 239. The molecule has 1 aliphatic carbocycles. The molecule has 2 heteroatoms. The molecule has 1 unspecified atom stereocenters. The molecule has 2 aliphatic rings. The van der Waals surface area contributed by atoms with Crippen LogP contribution in [0.3, 0.4) is 0 Å². The zero-order valence-corrected chi connectivity index (χ0v) is 12.7. The molecule has 2 rings (SSSR count). The van der Waals surface area contributed by atoms with Crippen molar-refractivity contribution in [2.24, 2.45) is 5.92 Å². The van der Waals surface area contributed by atoms with Crippen molar-refractivity contribution in [1.29, 1.82) is 0 Å². The number of rotatable bonds is 7. The van der Waals surface area contributed by atoms with E-state index in [1.54, 1.807) is 0 Å². The van der Waals surface area contributed by atoms with Crippen LogP contribution in [0.4, 0.5) is 0 Å². The third-order valence-electron chi connectivity index (χ3n) is 5.21. The fraction of sp³-hybridized carbons (Fsp3) is 1.00. The minimum absolute atomic E-state index is 0.335. The van der Waals surface area contributed by atoms with Gasteiger partial charge in [-0.25, -0.2) is 0 Å². The first kappa shape index (κ1) is 14.3. The van der Waals surface area contributed by atoms with Crippen LogP contribution < -0.4 is 5.32 Å². The molecule has 106 valence electrons. The highest BCUT2D eigenvalue weighted by Crippen LogP contribution is 2.35. The van der Waals surface area contributed by atoms with E-state index in [-0.39, 0.29) is 0 Å². The third-order valence-corrected chi connectivity index (χ3v) is 5.21. The van der Waals surface area contributed by atoms with Gasteiger partial charge in [0, 0.05) is 11.6 Å². The van der Waals surface area contributed by atoms with Gasteiger partial charge in [0.05, 0.1) is 0 Å². The molecule has 1 atom stereocenters. The average Bonchev–Trinajstić information content (AvgIpc) is 2.80. The molecular weight excluding hydrogens is 220 g/mol. The van der Waals surface area contributed by atoms with Crippen LogP contribution in [0.5, 0.6) is 0 Å². The van der Waals surface area contributed by atoms with Gasteiger partial charge >= 0.3 is 0 Å². The lowest BCUT2D eigenvalue weighted by Gasteiger charge is -2.45. The smallest absolute Gasteiger partial charge is 0.0306 e. The van der Waals surface area contributed by atoms with E-state index in [1.807, 2.05) is 0 Å². The highest BCUT2D eigenvalue weighted by atomic mass is 15.2. The Morgan fingerprint density at radius 3 is 2.33 bits per heavy atom. The Morgan fingerprint density at radius 2 is 1.83 bits per heavy atom. The predicted molar refractivity (Wildman–Crippen MR) is 78.9 cm³/mol. The lowest BCUT2D eigenvalue weighted by molar-refractivity contribution is 0.0841. The first-order chi connectivity index (χ1) is 8.64. The molecule has 0 amide bonds. The molecule has 18 heavy (non-hydrogen) atoms. The molecule has 0 bridgehead atoms. The molecule has 2 fully saturated rings. The summed E-state index contributed by atoms with van der Waals surface area (Å²) < 4.78 is 0. The molecule has 1 N–H and O–H groups in total. The quantitative estimate of drug-likeness (QED) is 0.747. The number of nitrogens with zero attached hydrogens (tertiary/aromatic N) is 1. The maximum atomic E-state index is 3.84. The van der Waals surface area contributed by atoms with E-state index >= 15 is 0 Å². The Kier molecular flexibility index (Phi) is 5.08. The predicted octanol–water partition coefficient (Wildman–Crippen LogP) is 3.42. The van der Waals surface area contributed by atoms with Crippen molar-refractivity contribution >= 4 is 0 Å². The molecular formula is C16H32N2. The Balaban J connectivity index is 1.94. The van der Waals surface area contributed by atoms with Crippen LogP contribution in [-0.2, 0) is 0 Å². The van der Waals surface area contributed by atoms with Gasteiger partial charge in [-0.05, 0) is 65.1 Å². The lowest BCUT2D eigenvalue weighted by Crippen LogP contribution is -2.57. The van der Waals surface area contributed by atoms with Gasteiger partial charge in [-0.2, -0.15) is 0 Å². The Labute approximate surface area is 114 Å². The van der Waals surface area contributed by atoms with Crippen molar-refractivity contribution in [3.05, 3.63) is 0 Å². The second kappa shape index (κ2) is 6.38.